The highest BCUT2D eigenvalue weighted by Gasteiger charge is 2.16. The molecule has 0 aromatic heterocycles. The summed E-state index contributed by atoms with van der Waals surface area (Å²) in [5, 5.41) is 20.6. The largest absolute Gasteiger partial charge is 0.508 e. The average Bonchev–Trinajstić information content (AvgIpc) is 2.55. The first-order valence-electron chi connectivity index (χ1n) is 7.25. The van der Waals surface area contributed by atoms with Crippen molar-refractivity contribution in [3.63, 3.8) is 0 Å². The number of anilines is 1. The molecule has 0 unspecified atom stereocenters. The highest BCUT2D eigenvalue weighted by Crippen LogP contribution is 2.24. The number of aromatic hydroxyl groups is 1. The molecular formula is C18H17NO5. The van der Waals surface area contributed by atoms with Gasteiger partial charge in [0.25, 0.3) is 0 Å². The molecule has 3 N–H and O–H groups in total. The summed E-state index contributed by atoms with van der Waals surface area (Å²) in [6.45, 7) is 0. The van der Waals surface area contributed by atoms with E-state index >= 15 is 0 Å². The smallest absolute Gasteiger partial charge is 0.412 e. The molecule has 0 aliphatic heterocycles. The first kappa shape index (κ1) is 17.1. The Hall–Kier alpha value is -3.28. The number of rotatable bonds is 6. The van der Waals surface area contributed by atoms with Crippen LogP contribution in [0.3, 0.4) is 0 Å². The van der Waals surface area contributed by atoms with Gasteiger partial charge in [-0.2, -0.15) is 0 Å². The molecule has 0 saturated heterocycles. The molecule has 0 aliphatic carbocycles. The van der Waals surface area contributed by atoms with Gasteiger partial charge < -0.3 is 14.9 Å². The molecule has 6 nitrogen and oxygen atoms in total. The number of phenolic OH excluding ortho intramolecular Hbond substituents is 1. The number of carbonyl (C=O) groups excluding carboxylic acids is 1. The third kappa shape index (κ3) is 5.49. The molecule has 0 aliphatic rings. The van der Waals surface area contributed by atoms with E-state index in [4.69, 9.17) is 9.84 Å². The zero-order valence-electron chi connectivity index (χ0n) is 12.8. The second-order valence-corrected chi connectivity index (χ2v) is 4.95. The van der Waals surface area contributed by atoms with Crippen LogP contribution in [0, 0.1) is 0 Å². The first-order valence-corrected chi connectivity index (χ1v) is 7.25. The van der Waals surface area contributed by atoms with Crippen LogP contribution in [0.25, 0.3) is 0 Å². The van der Waals surface area contributed by atoms with Crippen LogP contribution < -0.4 is 5.32 Å². The van der Waals surface area contributed by atoms with Crippen molar-refractivity contribution < 1.29 is 24.5 Å². The van der Waals surface area contributed by atoms with Crippen molar-refractivity contribution in [1.29, 1.82) is 0 Å². The summed E-state index contributed by atoms with van der Waals surface area (Å²) in [5.74, 6) is -0.986. The van der Waals surface area contributed by atoms with Gasteiger partial charge in [0.15, 0.2) is 0 Å². The Morgan fingerprint density at radius 2 is 1.75 bits per heavy atom. The van der Waals surface area contributed by atoms with Gasteiger partial charge in [-0.1, -0.05) is 36.4 Å². The fourth-order valence-electron chi connectivity index (χ4n) is 2.03. The Balaban J connectivity index is 2.08. The standard InChI is InChI=1S/C18H17NO5/c20-15-11-9-13(10-12-15)16(7-4-8-17(21)22)24-18(23)19-14-5-2-1-3-6-14/h1-6,8-12,16,20H,7H2,(H,19,23)(H,21,22)/b8-4+/t16-/m1/s1. The molecule has 0 heterocycles. The average molecular weight is 327 g/mol. The molecule has 0 radical (unpaired) electrons. The second kappa shape index (κ2) is 8.38. The van der Waals surface area contributed by atoms with Crippen molar-refractivity contribution in [3.05, 3.63) is 72.3 Å². The normalized spacial score (nSPS) is 11.8. The Morgan fingerprint density at radius 3 is 2.38 bits per heavy atom. The van der Waals surface area contributed by atoms with Crippen molar-refractivity contribution in [1.82, 2.24) is 0 Å². The van der Waals surface area contributed by atoms with Gasteiger partial charge in [0.05, 0.1) is 0 Å². The predicted octanol–water partition coefficient (Wildman–Crippen LogP) is 3.71. The molecule has 1 atom stereocenters. The monoisotopic (exact) mass is 327 g/mol. The molecule has 2 aromatic rings. The number of amides is 1. The van der Waals surface area contributed by atoms with Crippen molar-refractivity contribution in [2.24, 2.45) is 0 Å². The molecule has 0 bridgehead atoms. The maximum Gasteiger partial charge on any atom is 0.412 e. The minimum atomic E-state index is -1.08. The van der Waals surface area contributed by atoms with Crippen LogP contribution in [0.2, 0.25) is 0 Å². The van der Waals surface area contributed by atoms with E-state index in [2.05, 4.69) is 5.32 Å². The number of benzene rings is 2. The third-order valence-electron chi connectivity index (χ3n) is 3.14. The van der Waals surface area contributed by atoms with Gasteiger partial charge >= 0.3 is 12.1 Å². The first-order chi connectivity index (χ1) is 11.5. The zero-order valence-corrected chi connectivity index (χ0v) is 12.8. The molecule has 1 amide bonds. The summed E-state index contributed by atoms with van der Waals surface area (Å²) in [5.41, 5.74) is 1.24. The minimum Gasteiger partial charge on any atom is -0.508 e. The molecule has 2 rings (SSSR count). The quantitative estimate of drug-likeness (QED) is 0.703. The number of carboxylic acid groups (broad SMARTS) is 1. The van der Waals surface area contributed by atoms with E-state index in [1.54, 1.807) is 36.4 Å². The second-order valence-electron chi connectivity index (χ2n) is 4.95. The lowest BCUT2D eigenvalue weighted by Gasteiger charge is -2.17. The van der Waals surface area contributed by atoms with Crippen molar-refractivity contribution in [2.45, 2.75) is 12.5 Å². The lowest BCUT2D eigenvalue weighted by molar-refractivity contribution is -0.131. The number of aliphatic carboxylic acids is 1. The van der Waals surface area contributed by atoms with Crippen LogP contribution in [0.1, 0.15) is 18.1 Å². The SMILES string of the molecule is O=C(O)/C=C/C[C@@H](OC(=O)Nc1ccccc1)c1ccc(O)cc1. The topological polar surface area (TPSA) is 95.9 Å². The number of carbonyl (C=O) groups is 2. The maximum absolute atomic E-state index is 12.0. The number of nitrogens with one attached hydrogen (secondary N) is 1. The van der Waals surface area contributed by atoms with Crippen LogP contribution in [0.5, 0.6) is 5.75 Å². The molecular weight excluding hydrogens is 310 g/mol. The number of ether oxygens (including phenoxy) is 1. The molecule has 2 aromatic carbocycles. The number of hydrogen-bond acceptors (Lipinski definition) is 4. The van der Waals surface area contributed by atoms with E-state index in [0.717, 1.165) is 6.08 Å². The van der Waals surface area contributed by atoms with Crippen LogP contribution in [0.15, 0.2) is 66.7 Å². The number of hydrogen-bond donors (Lipinski definition) is 3. The summed E-state index contributed by atoms with van der Waals surface area (Å²) < 4.78 is 5.39. The van der Waals surface area contributed by atoms with Gasteiger partial charge in [0.2, 0.25) is 0 Å². The van der Waals surface area contributed by atoms with Crippen molar-refractivity contribution in [2.75, 3.05) is 5.32 Å². The third-order valence-corrected chi connectivity index (χ3v) is 3.14. The van der Waals surface area contributed by atoms with Crippen molar-refractivity contribution in [3.8, 4) is 5.75 Å². The van der Waals surface area contributed by atoms with E-state index < -0.39 is 18.2 Å². The van der Waals surface area contributed by atoms with Crippen LogP contribution >= 0.6 is 0 Å². The molecule has 0 saturated carbocycles. The highest BCUT2D eigenvalue weighted by atomic mass is 16.6. The van der Waals surface area contributed by atoms with E-state index in [1.165, 1.54) is 18.2 Å². The summed E-state index contributed by atoms with van der Waals surface area (Å²) in [6.07, 6.45) is 1.27. The summed E-state index contributed by atoms with van der Waals surface area (Å²) in [7, 11) is 0. The number of carboxylic acids is 1. The number of para-hydroxylation sites is 1. The lowest BCUT2D eigenvalue weighted by atomic mass is 10.1. The summed E-state index contributed by atoms with van der Waals surface area (Å²) >= 11 is 0. The van der Waals surface area contributed by atoms with Gasteiger partial charge in [-0.05, 0) is 29.8 Å². The zero-order chi connectivity index (χ0) is 17.4. The minimum absolute atomic E-state index is 0.0901. The van der Waals surface area contributed by atoms with Gasteiger partial charge in [0, 0.05) is 18.2 Å². The van der Waals surface area contributed by atoms with E-state index in [0.29, 0.717) is 11.3 Å². The Bertz CT molecular complexity index is 710. The van der Waals surface area contributed by atoms with Crippen molar-refractivity contribution >= 4 is 17.7 Å². The van der Waals surface area contributed by atoms with Crippen LogP contribution in [-0.2, 0) is 9.53 Å². The maximum atomic E-state index is 12.0. The fraction of sp³-hybridized carbons (Fsp3) is 0.111. The highest BCUT2D eigenvalue weighted by molar-refractivity contribution is 5.84. The van der Waals surface area contributed by atoms with Gasteiger partial charge in [-0.15, -0.1) is 0 Å². The van der Waals surface area contributed by atoms with E-state index in [-0.39, 0.29) is 12.2 Å². The van der Waals surface area contributed by atoms with Gasteiger partial charge in [-0.3, -0.25) is 5.32 Å². The summed E-state index contributed by atoms with van der Waals surface area (Å²) in [4.78, 5) is 22.6. The van der Waals surface area contributed by atoms with Gasteiger partial charge in [-0.25, -0.2) is 9.59 Å². The summed E-state index contributed by atoms with van der Waals surface area (Å²) in [6, 6.07) is 15.0. The molecule has 0 spiro atoms. The predicted molar refractivity (Wildman–Crippen MR) is 88.8 cm³/mol. The lowest BCUT2D eigenvalue weighted by Crippen LogP contribution is -2.17. The molecule has 24 heavy (non-hydrogen) atoms. The molecule has 124 valence electrons. The van der Waals surface area contributed by atoms with Crippen LogP contribution in [-0.4, -0.2) is 22.3 Å². The Kier molecular flexibility index (Phi) is 5.96. The molecule has 6 heteroatoms. The van der Waals surface area contributed by atoms with E-state index in [9.17, 15) is 14.7 Å². The van der Waals surface area contributed by atoms with E-state index in [1.807, 2.05) is 6.07 Å². The Labute approximate surface area is 139 Å². The Morgan fingerprint density at radius 1 is 1.08 bits per heavy atom. The number of phenols is 1. The van der Waals surface area contributed by atoms with Gasteiger partial charge in [0.1, 0.15) is 11.9 Å². The van der Waals surface area contributed by atoms with Crippen LogP contribution in [0.4, 0.5) is 10.5 Å². The molecule has 0 fully saturated rings. The fourth-order valence-corrected chi connectivity index (χ4v) is 2.03.